The van der Waals surface area contributed by atoms with Gasteiger partial charge in [0.25, 0.3) is 0 Å². The molecule has 0 aliphatic carbocycles. The van der Waals surface area contributed by atoms with Crippen LogP contribution in [-0.4, -0.2) is 5.78 Å². The first-order valence-corrected chi connectivity index (χ1v) is 6.62. The minimum atomic E-state index is 0.0796. The number of Topliss-reactive ketones (excluding diaryl/α,β-unsaturated/α-hetero) is 1. The molecule has 1 nitrogen and oxygen atoms in total. The van der Waals surface area contributed by atoms with Gasteiger partial charge in [-0.25, -0.2) is 0 Å². The van der Waals surface area contributed by atoms with Crippen LogP contribution in [0.2, 0.25) is 0 Å². The van der Waals surface area contributed by atoms with E-state index in [2.05, 4.69) is 53.4 Å². The zero-order valence-corrected chi connectivity index (χ0v) is 12.4. The molecule has 17 heavy (non-hydrogen) atoms. The zero-order chi connectivity index (χ0) is 13.5. The monoisotopic (exact) mass is 236 g/mol. The van der Waals surface area contributed by atoms with Gasteiger partial charge in [-0.15, -0.1) is 5.92 Å². The number of carbonyl (C=O) groups is 1. The zero-order valence-electron chi connectivity index (χ0n) is 12.4. The van der Waals surface area contributed by atoms with E-state index in [4.69, 9.17) is 0 Å². The highest BCUT2D eigenvalue weighted by molar-refractivity contribution is 5.78. The molecule has 0 aromatic heterocycles. The van der Waals surface area contributed by atoms with Crippen LogP contribution in [0, 0.1) is 22.7 Å². The molecule has 0 aliphatic rings. The summed E-state index contributed by atoms with van der Waals surface area (Å²) in [5, 5.41) is 0. The summed E-state index contributed by atoms with van der Waals surface area (Å²) in [7, 11) is 0. The topological polar surface area (TPSA) is 17.1 Å². The second kappa shape index (κ2) is 6.84. The summed E-state index contributed by atoms with van der Waals surface area (Å²) in [6.45, 7) is 12.8. The number of hydrogen-bond donors (Lipinski definition) is 0. The van der Waals surface area contributed by atoms with Crippen LogP contribution < -0.4 is 0 Å². The van der Waals surface area contributed by atoms with Gasteiger partial charge >= 0.3 is 0 Å². The van der Waals surface area contributed by atoms with Crippen LogP contribution in [0.25, 0.3) is 0 Å². The smallest absolute Gasteiger partial charge is 0.132 e. The van der Waals surface area contributed by atoms with Crippen LogP contribution in [0.3, 0.4) is 0 Å². The van der Waals surface area contributed by atoms with E-state index in [0.29, 0.717) is 12.2 Å². The maximum atomic E-state index is 11.6. The first kappa shape index (κ1) is 16.2. The van der Waals surface area contributed by atoms with E-state index < -0.39 is 0 Å². The molecule has 1 heteroatoms. The van der Waals surface area contributed by atoms with E-state index in [1.54, 1.807) is 0 Å². The second-order valence-corrected chi connectivity index (χ2v) is 7.00. The van der Waals surface area contributed by atoms with Crippen molar-refractivity contribution in [3.05, 3.63) is 0 Å². The third-order valence-electron chi connectivity index (χ3n) is 2.37. The Kier molecular flexibility index (Phi) is 6.53. The van der Waals surface area contributed by atoms with Crippen molar-refractivity contribution in [2.24, 2.45) is 10.8 Å². The minimum Gasteiger partial charge on any atom is -0.300 e. The van der Waals surface area contributed by atoms with Crippen molar-refractivity contribution in [1.29, 1.82) is 0 Å². The Bertz CT molecular complexity index is 288. The SMILES string of the molecule is CC(C)(C)C#CCCCC(=O)CCC(C)(C)C. The molecule has 0 atom stereocenters. The average Bonchev–Trinajstić information content (AvgIpc) is 2.11. The van der Waals surface area contributed by atoms with Gasteiger partial charge in [-0.1, -0.05) is 26.7 Å². The molecule has 0 heterocycles. The lowest BCUT2D eigenvalue weighted by Crippen LogP contribution is -2.08. The van der Waals surface area contributed by atoms with Crippen molar-refractivity contribution >= 4 is 5.78 Å². The van der Waals surface area contributed by atoms with Crippen molar-refractivity contribution < 1.29 is 4.79 Å². The highest BCUT2D eigenvalue weighted by atomic mass is 16.1. The summed E-state index contributed by atoms with van der Waals surface area (Å²) in [5.74, 6) is 6.73. The Labute approximate surface area is 107 Å². The van der Waals surface area contributed by atoms with E-state index >= 15 is 0 Å². The molecule has 0 radical (unpaired) electrons. The Morgan fingerprint density at radius 2 is 1.59 bits per heavy atom. The third-order valence-corrected chi connectivity index (χ3v) is 2.37. The van der Waals surface area contributed by atoms with Gasteiger partial charge in [0.05, 0.1) is 0 Å². The van der Waals surface area contributed by atoms with E-state index in [9.17, 15) is 4.79 Å². The molecule has 0 bridgehead atoms. The summed E-state index contributed by atoms with van der Waals surface area (Å²) in [6, 6.07) is 0. The van der Waals surface area contributed by atoms with Gasteiger partial charge < -0.3 is 0 Å². The quantitative estimate of drug-likeness (QED) is 0.503. The first-order valence-electron chi connectivity index (χ1n) is 6.62. The van der Waals surface area contributed by atoms with Gasteiger partial charge in [-0.3, -0.25) is 4.79 Å². The summed E-state index contributed by atoms with van der Waals surface area (Å²) in [4.78, 5) is 11.6. The first-order chi connectivity index (χ1) is 7.60. The Hall–Kier alpha value is -0.770. The van der Waals surface area contributed by atoms with E-state index in [1.807, 2.05) is 0 Å². The maximum absolute atomic E-state index is 11.6. The number of hydrogen-bond acceptors (Lipinski definition) is 1. The normalized spacial score (nSPS) is 11.9. The summed E-state index contributed by atoms with van der Waals surface area (Å²) in [6.07, 6.45) is 4.15. The lowest BCUT2D eigenvalue weighted by molar-refractivity contribution is -0.119. The highest BCUT2D eigenvalue weighted by Gasteiger charge is 2.12. The molecule has 0 unspecified atom stereocenters. The molecular weight excluding hydrogens is 208 g/mol. The van der Waals surface area contributed by atoms with E-state index in [0.717, 1.165) is 25.7 Å². The predicted molar refractivity (Wildman–Crippen MR) is 74.8 cm³/mol. The molecule has 0 fully saturated rings. The second-order valence-electron chi connectivity index (χ2n) is 7.00. The number of carbonyl (C=O) groups excluding carboxylic acids is 1. The van der Waals surface area contributed by atoms with Crippen molar-refractivity contribution in [3.8, 4) is 11.8 Å². The van der Waals surface area contributed by atoms with Gasteiger partial charge in [-0.05, 0) is 39.0 Å². The van der Waals surface area contributed by atoms with Crippen LogP contribution >= 0.6 is 0 Å². The van der Waals surface area contributed by atoms with Crippen LogP contribution in [-0.2, 0) is 4.79 Å². The molecule has 0 N–H and O–H groups in total. The minimum absolute atomic E-state index is 0.0796. The van der Waals surface area contributed by atoms with Crippen LogP contribution in [0.4, 0.5) is 0 Å². The summed E-state index contributed by atoms with van der Waals surface area (Å²) >= 11 is 0. The van der Waals surface area contributed by atoms with Gasteiger partial charge in [-0.2, -0.15) is 0 Å². The van der Waals surface area contributed by atoms with Gasteiger partial charge in [0, 0.05) is 24.7 Å². The molecule has 98 valence electrons. The lowest BCUT2D eigenvalue weighted by Gasteiger charge is -2.16. The molecule has 0 aliphatic heterocycles. The molecule has 0 saturated carbocycles. The van der Waals surface area contributed by atoms with Gasteiger partial charge in [0.1, 0.15) is 5.78 Å². The van der Waals surface area contributed by atoms with Crippen molar-refractivity contribution in [1.82, 2.24) is 0 Å². The predicted octanol–water partition coefficient (Wildman–Crippen LogP) is 4.60. The molecule has 0 amide bonds. The molecule has 0 aromatic rings. The van der Waals surface area contributed by atoms with Gasteiger partial charge in [0.15, 0.2) is 0 Å². The van der Waals surface area contributed by atoms with Gasteiger partial charge in [0.2, 0.25) is 0 Å². The molecule has 0 rings (SSSR count). The van der Waals surface area contributed by atoms with Crippen LogP contribution in [0.5, 0.6) is 0 Å². The van der Waals surface area contributed by atoms with E-state index in [-0.39, 0.29) is 10.8 Å². The van der Waals surface area contributed by atoms with Crippen molar-refractivity contribution in [3.63, 3.8) is 0 Å². The fourth-order valence-electron chi connectivity index (χ4n) is 1.34. The highest BCUT2D eigenvalue weighted by Crippen LogP contribution is 2.21. The number of ketones is 1. The number of rotatable bonds is 5. The lowest BCUT2D eigenvalue weighted by atomic mass is 9.89. The van der Waals surface area contributed by atoms with Crippen LogP contribution in [0.15, 0.2) is 0 Å². The summed E-state index contributed by atoms with van der Waals surface area (Å²) in [5.41, 5.74) is 0.345. The number of unbranched alkanes of at least 4 members (excludes halogenated alkanes) is 1. The molecule has 0 aromatic carbocycles. The third kappa shape index (κ3) is 13.2. The Balaban J connectivity index is 3.69. The fourth-order valence-corrected chi connectivity index (χ4v) is 1.34. The fraction of sp³-hybridized carbons (Fsp3) is 0.812. The molecule has 0 spiro atoms. The van der Waals surface area contributed by atoms with E-state index in [1.165, 1.54) is 0 Å². The molecule has 0 saturated heterocycles. The largest absolute Gasteiger partial charge is 0.300 e. The van der Waals surface area contributed by atoms with Crippen LogP contribution in [0.1, 0.15) is 73.6 Å². The maximum Gasteiger partial charge on any atom is 0.132 e. The average molecular weight is 236 g/mol. The summed E-state index contributed by atoms with van der Waals surface area (Å²) < 4.78 is 0. The van der Waals surface area contributed by atoms with Crippen molar-refractivity contribution in [2.75, 3.05) is 0 Å². The van der Waals surface area contributed by atoms with Crippen molar-refractivity contribution in [2.45, 2.75) is 73.6 Å². The Morgan fingerprint density at radius 3 is 2.06 bits per heavy atom. The Morgan fingerprint density at radius 1 is 1.00 bits per heavy atom. The standard InChI is InChI=1S/C16H28O/c1-15(2,3)12-9-7-8-10-14(17)11-13-16(4,5)6/h7-8,10-11,13H2,1-6H3. The molecular formula is C16H28O.